The van der Waals surface area contributed by atoms with Gasteiger partial charge in [0.1, 0.15) is 0 Å². The lowest BCUT2D eigenvalue weighted by Crippen LogP contribution is -2.49. The summed E-state index contributed by atoms with van der Waals surface area (Å²) in [7, 11) is 1.29. The molecule has 1 aliphatic carbocycles. The molecule has 1 aromatic heterocycles. The molecule has 2 aromatic rings. The Morgan fingerprint density at radius 1 is 1.35 bits per heavy atom. The first kappa shape index (κ1) is 16.0. The average molecular weight is 381 g/mol. The second-order valence-electron chi connectivity index (χ2n) is 6.04. The minimum absolute atomic E-state index is 0.174. The van der Waals surface area contributed by atoms with E-state index < -0.39 is 23.4 Å². The lowest BCUT2D eigenvalue weighted by Gasteiger charge is -2.40. The number of fused-ring (bicyclic) bond motifs is 1. The maximum Gasteiger partial charge on any atom is 0.312 e. The molecule has 1 aromatic carbocycles. The predicted octanol–water partition coefficient (Wildman–Crippen LogP) is 1.69. The molecule has 6 nitrogen and oxygen atoms in total. The van der Waals surface area contributed by atoms with Crippen molar-refractivity contribution in [2.75, 3.05) is 7.11 Å². The van der Waals surface area contributed by atoms with Crippen molar-refractivity contribution in [3.05, 3.63) is 55.9 Å². The summed E-state index contributed by atoms with van der Waals surface area (Å²) < 4.78 is 5.79. The summed E-state index contributed by atoms with van der Waals surface area (Å²) in [5, 5.41) is 16.2. The molecule has 3 rings (SSSR count). The highest BCUT2D eigenvalue weighted by atomic mass is 79.9. The largest absolute Gasteiger partial charge is 0.469 e. The van der Waals surface area contributed by atoms with Crippen LogP contribution in [0.1, 0.15) is 29.7 Å². The van der Waals surface area contributed by atoms with Gasteiger partial charge < -0.3 is 14.9 Å². The Kier molecular flexibility index (Phi) is 3.93. The van der Waals surface area contributed by atoms with Crippen LogP contribution >= 0.6 is 15.9 Å². The maximum absolute atomic E-state index is 12.4. The highest BCUT2D eigenvalue weighted by Gasteiger charge is 2.50. The predicted molar refractivity (Wildman–Crippen MR) is 87.2 cm³/mol. The van der Waals surface area contributed by atoms with Gasteiger partial charge in [-0.05, 0) is 24.6 Å². The topological polar surface area (TPSA) is 95.2 Å². The number of H-pyrrole nitrogens is 2. The minimum atomic E-state index is -1.33. The number of aromatic amines is 2. The van der Waals surface area contributed by atoms with Crippen LogP contribution in [0.4, 0.5) is 0 Å². The van der Waals surface area contributed by atoms with Gasteiger partial charge in [0.15, 0.2) is 0 Å². The molecule has 0 unspecified atom stereocenters. The second kappa shape index (κ2) is 5.65. The van der Waals surface area contributed by atoms with Gasteiger partial charge in [0, 0.05) is 28.1 Å². The van der Waals surface area contributed by atoms with Crippen molar-refractivity contribution in [1.82, 2.24) is 10.2 Å². The zero-order valence-corrected chi connectivity index (χ0v) is 14.3. The van der Waals surface area contributed by atoms with Crippen LogP contribution in [0.2, 0.25) is 0 Å². The number of hydrogen-bond donors (Lipinski definition) is 3. The number of carbonyl (C=O) groups excluding carboxylic acids is 1. The van der Waals surface area contributed by atoms with Gasteiger partial charge in [0.2, 0.25) is 0 Å². The molecule has 0 aliphatic heterocycles. The third-order valence-electron chi connectivity index (χ3n) is 4.43. The number of rotatable bonds is 2. The Balaban J connectivity index is 2.24. The number of hydrogen-bond acceptors (Lipinski definition) is 4. The van der Waals surface area contributed by atoms with E-state index in [9.17, 15) is 14.7 Å². The van der Waals surface area contributed by atoms with Crippen LogP contribution < -0.4 is 5.56 Å². The van der Waals surface area contributed by atoms with E-state index >= 15 is 0 Å². The number of ether oxygens (including phenoxy) is 1. The van der Waals surface area contributed by atoms with E-state index in [0.29, 0.717) is 11.3 Å². The Morgan fingerprint density at radius 2 is 2.00 bits per heavy atom. The highest BCUT2D eigenvalue weighted by Crippen LogP contribution is 2.44. The fourth-order valence-corrected chi connectivity index (χ4v) is 3.68. The monoisotopic (exact) mass is 380 g/mol. The summed E-state index contributed by atoms with van der Waals surface area (Å²) in [6.07, 6.45) is 0.174. The molecular formula is C16H17BrN2O4. The summed E-state index contributed by atoms with van der Waals surface area (Å²) >= 11 is 3.37. The van der Waals surface area contributed by atoms with Crippen LogP contribution in [0.5, 0.6) is 0 Å². The molecule has 0 fully saturated rings. The molecule has 23 heavy (non-hydrogen) atoms. The van der Waals surface area contributed by atoms with Gasteiger partial charge in [0.05, 0.1) is 18.6 Å². The van der Waals surface area contributed by atoms with Crippen molar-refractivity contribution in [3.8, 4) is 0 Å². The average Bonchev–Trinajstić information content (AvgIpc) is 2.85. The fraction of sp³-hybridized carbons (Fsp3) is 0.375. The van der Waals surface area contributed by atoms with Gasteiger partial charge >= 0.3 is 5.97 Å². The number of esters is 1. The third kappa shape index (κ3) is 2.64. The molecule has 0 saturated heterocycles. The SMILES string of the molecule is COC(=O)[C@@H]1[C@H](c2ccc(Br)cc2)c2c([nH][nH]c2=O)C[C@]1(C)O. The van der Waals surface area contributed by atoms with Crippen molar-refractivity contribution >= 4 is 21.9 Å². The van der Waals surface area contributed by atoms with E-state index in [0.717, 1.165) is 10.0 Å². The van der Waals surface area contributed by atoms with Crippen molar-refractivity contribution in [3.63, 3.8) is 0 Å². The zero-order chi connectivity index (χ0) is 16.8. The van der Waals surface area contributed by atoms with Gasteiger partial charge in [-0.1, -0.05) is 28.1 Å². The third-order valence-corrected chi connectivity index (χ3v) is 4.96. The first-order chi connectivity index (χ1) is 10.8. The zero-order valence-electron chi connectivity index (χ0n) is 12.7. The van der Waals surface area contributed by atoms with Crippen molar-refractivity contribution < 1.29 is 14.6 Å². The van der Waals surface area contributed by atoms with Gasteiger partial charge in [-0.25, -0.2) is 0 Å². The van der Waals surface area contributed by atoms with Gasteiger partial charge in [0.25, 0.3) is 5.56 Å². The number of carbonyl (C=O) groups is 1. The van der Waals surface area contributed by atoms with Crippen LogP contribution in [0, 0.1) is 5.92 Å². The summed E-state index contributed by atoms with van der Waals surface area (Å²) in [5.74, 6) is -1.98. The number of halogens is 1. The molecular weight excluding hydrogens is 364 g/mol. The highest BCUT2D eigenvalue weighted by molar-refractivity contribution is 9.10. The molecule has 0 radical (unpaired) electrons. The van der Waals surface area contributed by atoms with E-state index in [1.807, 2.05) is 24.3 Å². The molecule has 3 N–H and O–H groups in total. The number of benzene rings is 1. The molecule has 0 saturated carbocycles. The van der Waals surface area contributed by atoms with Crippen LogP contribution in [0.15, 0.2) is 33.5 Å². The quantitative estimate of drug-likeness (QED) is 0.690. The molecule has 7 heteroatoms. The molecule has 0 spiro atoms. The second-order valence-corrected chi connectivity index (χ2v) is 6.95. The molecule has 3 atom stereocenters. The number of nitrogens with one attached hydrogen (secondary N) is 2. The minimum Gasteiger partial charge on any atom is -0.469 e. The normalized spacial score (nSPS) is 26.6. The van der Waals surface area contributed by atoms with Gasteiger partial charge in [-0.2, -0.15) is 0 Å². The standard InChI is InChI=1S/C16H17BrN2O4/c1-16(22)7-10-12(14(20)19-18-10)11(13(16)15(21)23-2)8-3-5-9(17)6-4-8/h3-6,11,13,22H,7H2,1-2H3,(H2,18,19,20)/t11-,13+,16+/m1/s1. The lowest BCUT2D eigenvalue weighted by atomic mass is 9.66. The Morgan fingerprint density at radius 3 is 2.61 bits per heavy atom. The Hall–Kier alpha value is -1.86. The van der Waals surface area contributed by atoms with Crippen LogP contribution in [-0.4, -0.2) is 34.0 Å². The van der Waals surface area contributed by atoms with Crippen molar-refractivity contribution in [2.45, 2.75) is 24.9 Å². The number of aromatic nitrogens is 2. The molecule has 0 amide bonds. The van der Waals surface area contributed by atoms with Crippen molar-refractivity contribution in [1.29, 1.82) is 0 Å². The molecule has 122 valence electrons. The Bertz CT molecular complexity index is 791. The van der Waals surface area contributed by atoms with Gasteiger partial charge in [-0.3, -0.25) is 14.7 Å². The first-order valence-electron chi connectivity index (χ1n) is 7.20. The molecule has 1 heterocycles. The number of aliphatic hydroxyl groups is 1. The number of methoxy groups -OCH3 is 1. The lowest BCUT2D eigenvalue weighted by molar-refractivity contribution is -0.156. The maximum atomic E-state index is 12.4. The van der Waals surface area contributed by atoms with Gasteiger partial charge in [-0.15, -0.1) is 0 Å². The van der Waals surface area contributed by atoms with Crippen molar-refractivity contribution in [2.24, 2.45) is 5.92 Å². The van der Waals surface area contributed by atoms with Crippen LogP contribution in [0.25, 0.3) is 0 Å². The fourth-order valence-electron chi connectivity index (χ4n) is 3.41. The smallest absolute Gasteiger partial charge is 0.312 e. The summed E-state index contributed by atoms with van der Waals surface area (Å²) in [5.41, 5.74) is 0.262. The van der Waals surface area contributed by atoms with E-state index in [-0.39, 0.29) is 12.0 Å². The molecule has 0 bridgehead atoms. The summed E-state index contributed by atoms with van der Waals surface area (Å²) in [4.78, 5) is 24.6. The summed E-state index contributed by atoms with van der Waals surface area (Å²) in [6.45, 7) is 1.59. The Labute approximate surface area is 141 Å². The first-order valence-corrected chi connectivity index (χ1v) is 7.99. The van der Waals surface area contributed by atoms with Crippen LogP contribution in [0.3, 0.4) is 0 Å². The van der Waals surface area contributed by atoms with E-state index in [1.54, 1.807) is 6.92 Å². The molecule has 1 aliphatic rings. The van der Waals surface area contributed by atoms with Crippen LogP contribution in [-0.2, 0) is 16.0 Å². The van der Waals surface area contributed by atoms with E-state index in [4.69, 9.17) is 4.74 Å². The van der Waals surface area contributed by atoms with E-state index in [1.165, 1.54) is 7.11 Å². The summed E-state index contributed by atoms with van der Waals surface area (Å²) in [6, 6.07) is 7.35. The van der Waals surface area contributed by atoms with E-state index in [2.05, 4.69) is 26.1 Å².